The maximum absolute atomic E-state index is 5.88. The maximum atomic E-state index is 5.88. The van der Waals surface area contributed by atoms with Crippen LogP contribution in [0.3, 0.4) is 0 Å². The molecular formula is C9H9BrClN. The topological polar surface area (TPSA) is 26.0 Å². The van der Waals surface area contributed by atoms with Gasteiger partial charge >= 0.3 is 0 Å². The second-order valence-electron chi connectivity index (χ2n) is 2.28. The normalized spacial score (nSPS) is 10.9. The Morgan fingerprint density at radius 2 is 2.25 bits per heavy atom. The minimum Gasteiger partial charge on any atom is -0.327 e. The molecule has 0 saturated carbocycles. The predicted octanol–water partition coefficient (Wildman–Crippen LogP) is 3.07. The number of benzene rings is 1. The minimum atomic E-state index is 0.541. The van der Waals surface area contributed by atoms with Crippen LogP contribution in [-0.2, 0) is 0 Å². The largest absolute Gasteiger partial charge is 0.327 e. The standard InChI is InChI=1S/C9H9BrClN/c10-9-7(4-2-6-12)3-1-5-8(9)11/h1-5H,6,12H2. The minimum absolute atomic E-state index is 0.541. The molecule has 0 atom stereocenters. The van der Waals surface area contributed by atoms with Crippen LogP contribution in [0.15, 0.2) is 28.7 Å². The summed E-state index contributed by atoms with van der Waals surface area (Å²) in [6.45, 7) is 0.541. The lowest BCUT2D eigenvalue weighted by Crippen LogP contribution is -1.92. The molecule has 1 nitrogen and oxygen atoms in total. The Morgan fingerprint density at radius 1 is 1.50 bits per heavy atom. The molecule has 1 aromatic rings. The van der Waals surface area contributed by atoms with Crippen molar-refractivity contribution in [3.05, 3.63) is 39.3 Å². The van der Waals surface area contributed by atoms with Crippen LogP contribution in [0.25, 0.3) is 6.08 Å². The van der Waals surface area contributed by atoms with Gasteiger partial charge in [0.1, 0.15) is 0 Å². The molecule has 2 N–H and O–H groups in total. The molecule has 0 aliphatic rings. The van der Waals surface area contributed by atoms with Gasteiger partial charge in [0.2, 0.25) is 0 Å². The van der Waals surface area contributed by atoms with Crippen LogP contribution in [0.5, 0.6) is 0 Å². The molecule has 0 spiro atoms. The first-order valence-electron chi connectivity index (χ1n) is 3.56. The summed E-state index contributed by atoms with van der Waals surface area (Å²) in [6.07, 6.45) is 3.83. The second-order valence-corrected chi connectivity index (χ2v) is 3.48. The average Bonchev–Trinajstić information content (AvgIpc) is 2.08. The van der Waals surface area contributed by atoms with Gasteiger partial charge in [-0.15, -0.1) is 0 Å². The Hall–Kier alpha value is -0.310. The van der Waals surface area contributed by atoms with E-state index in [2.05, 4.69) is 15.9 Å². The summed E-state index contributed by atoms with van der Waals surface area (Å²) in [5.74, 6) is 0. The van der Waals surface area contributed by atoms with Gasteiger partial charge in [-0.2, -0.15) is 0 Å². The summed E-state index contributed by atoms with van der Waals surface area (Å²) in [7, 11) is 0. The number of halogens is 2. The van der Waals surface area contributed by atoms with Crippen molar-refractivity contribution in [2.75, 3.05) is 6.54 Å². The molecule has 0 aliphatic heterocycles. The van der Waals surface area contributed by atoms with E-state index in [1.807, 2.05) is 30.4 Å². The lowest BCUT2D eigenvalue weighted by Gasteiger charge is -1.99. The van der Waals surface area contributed by atoms with Crippen molar-refractivity contribution in [2.45, 2.75) is 0 Å². The summed E-state index contributed by atoms with van der Waals surface area (Å²) in [5, 5.41) is 0.717. The monoisotopic (exact) mass is 245 g/mol. The van der Waals surface area contributed by atoms with Crippen LogP contribution >= 0.6 is 27.5 Å². The van der Waals surface area contributed by atoms with E-state index in [4.69, 9.17) is 17.3 Å². The fourth-order valence-corrected chi connectivity index (χ4v) is 1.42. The van der Waals surface area contributed by atoms with Gasteiger partial charge in [0, 0.05) is 11.0 Å². The van der Waals surface area contributed by atoms with Crippen molar-refractivity contribution >= 4 is 33.6 Å². The van der Waals surface area contributed by atoms with Crippen molar-refractivity contribution in [3.63, 3.8) is 0 Å². The highest BCUT2D eigenvalue weighted by atomic mass is 79.9. The molecule has 3 heteroatoms. The molecule has 0 radical (unpaired) electrons. The average molecular weight is 247 g/mol. The molecule has 1 rings (SSSR count). The van der Waals surface area contributed by atoms with Gasteiger partial charge in [0.05, 0.1) is 5.02 Å². The van der Waals surface area contributed by atoms with Crippen LogP contribution in [0.2, 0.25) is 5.02 Å². The molecule has 12 heavy (non-hydrogen) atoms. The molecule has 1 aromatic carbocycles. The van der Waals surface area contributed by atoms with Crippen molar-refractivity contribution < 1.29 is 0 Å². The highest BCUT2D eigenvalue weighted by Gasteiger charge is 1.98. The number of rotatable bonds is 2. The van der Waals surface area contributed by atoms with Crippen LogP contribution in [0.4, 0.5) is 0 Å². The van der Waals surface area contributed by atoms with Crippen molar-refractivity contribution in [2.24, 2.45) is 5.73 Å². The second kappa shape index (κ2) is 4.65. The third kappa shape index (κ3) is 2.34. The Balaban J connectivity index is 3.00. The highest BCUT2D eigenvalue weighted by Crippen LogP contribution is 2.26. The predicted molar refractivity (Wildman–Crippen MR) is 57.2 cm³/mol. The third-order valence-corrected chi connectivity index (χ3v) is 2.84. The fourth-order valence-electron chi connectivity index (χ4n) is 0.844. The van der Waals surface area contributed by atoms with E-state index in [9.17, 15) is 0 Å². The Kier molecular flexibility index (Phi) is 3.79. The Morgan fingerprint density at radius 3 is 2.92 bits per heavy atom. The van der Waals surface area contributed by atoms with E-state index in [0.717, 1.165) is 10.0 Å². The molecule has 0 unspecified atom stereocenters. The Bertz CT molecular complexity index is 297. The van der Waals surface area contributed by atoms with Gasteiger partial charge in [-0.3, -0.25) is 0 Å². The first kappa shape index (κ1) is 9.78. The number of nitrogens with two attached hydrogens (primary N) is 1. The zero-order chi connectivity index (χ0) is 8.97. The van der Waals surface area contributed by atoms with E-state index in [1.54, 1.807) is 0 Å². The maximum Gasteiger partial charge on any atom is 0.0554 e. The summed E-state index contributed by atoms with van der Waals surface area (Å²) >= 11 is 9.27. The molecule has 0 aliphatic carbocycles. The quantitative estimate of drug-likeness (QED) is 0.853. The summed E-state index contributed by atoms with van der Waals surface area (Å²) in [6, 6.07) is 5.72. The van der Waals surface area contributed by atoms with E-state index >= 15 is 0 Å². The molecule has 0 aromatic heterocycles. The van der Waals surface area contributed by atoms with E-state index in [-0.39, 0.29) is 0 Å². The van der Waals surface area contributed by atoms with E-state index in [1.165, 1.54) is 0 Å². The summed E-state index contributed by atoms with van der Waals surface area (Å²) < 4.78 is 0.913. The van der Waals surface area contributed by atoms with Crippen LogP contribution in [0, 0.1) is 0 Å². The zero-order valence-electron chi connectivity index (χ0n) is 6.43. The Labute approximate surface area is 85.3 Å². The first-order chi connectivity index (χ1) is 5.75. The van der Waals surface area contributed by atoms with Gasteiger partial charge in [-0.1, -0.05) is 35.9 Å². The van der Waals surface area contributed by atoms with Crippen molar-refractivity contribution in [3.8, 4) is 0 Å². The van der Waals surface area contributed by atoms with Crippen LogP contribution in [0.1, 0.15) is 5.56 Å². The third-order valence-electron chi connectivity index (χ3n) is 1.41. The van der Waals surface area contributed by atoms with Gasteiger partial charge in [-0.25, -0.2) is 0 Å². The zero-order valence-corrected chi connectivity index (χ0v) is 8.77. The molecule has 0 amide bonds. The smallest absolute Gasteiger partial charge is 0.0554 e. The fraction of sp³-hybridized carbons (Fsp3) is 0.111. The first-order valence-corrected chi connectivity index (χ1v) is 4.73. The molecule has 64 valence electrons. The van der Waals surface area contributed by atoms with E-state index in [0.29, 0.717) is 11.6 Å². The van der Waals surface area contributed by atoms with Gasteiger partial charge < -0.3 is 5.73 Å². The SMILES string of the molecule is NCC=Cc1cccc(Cl)c1Br. The lowest BCUT2D eigenvalue weighted by molar-refractivity contribution is 1.26. The van der Waals surface area contributed by atoms with Gasteiger partial charge in [-0.05, 0) is 27.6 Å². The van der Waals surface area contributed by atoms with Gasteiger partial charge in [0.25, 0.3) is 0 Å². The lowest BCUT2D eigenvalue weighted by atomic mass is 10.2. The molecule has 0 saturated heterocycles. The van der Waals surface area contributed by atoms with Crippen LogP contribution < -0.4 is 5.73 Å². The van der Waals surface area contributed by atoms with Gasteiger partial charge in [0.15, 0.2) is 0 Å². The summed E-state index contributed by atoms with van der Waals surface area (Å²) in [5.41, 5.74) is 6.38. The molecule has 0 fully saturated rings. The van der Waals surface area contributed by atoms with Crippen molar-refractivity contribution in [1.82, 2.24) is 0 Å². The highest BCUT2D eigenvalue weighted by molar-refractivity contribution is 9.10. The molecule has 0 heterocycles. The number of hydrogen-bond acceptors (Lipinski definition) is 1. The van der Waals surface area contributed by atoms with Crippen LogP contribution in [-0.4, -0.2) is 6.54 Å². The van der Waals surface area contributed by atoms with E-state index < -0.39 is 0 Å². The van der Waals surface area contributed by atoms with Crippen molar-refractivity contribution in [1.29, 1.82) is 0 Å². The summed E-state index contributed by atoms with van der Waals surface area (Å²) in [4.78, 5) is 0. The molecular weight excluding hydrogens is 237 g/mol. The number of hydrogen-bond donors (Lipinski definition) is 1. The molecule has 0 bridgehead atoms.